The predicted molar refractivity (Wildman–Crippen MR) is 87.8 cm³/mol. The van der Waals surface area contributed by atoms with E-state index in [1.807, 2.05) is 43.2 Å². The van der Waals surface area contributed by atoms with E-state index in [1.165, 1.54) is 20.3 Å². The van der Waals surface area contributed by atoms with Crippen LogP contribution in [0.5, 0.6) is 0 Å². The van der Waals surface area contributed by atoms with Gasteiger partial charge >= 0.3 is 0 Å². The fourth-order valence-electron chi connectivity index (χ4n) is 0.926. The molecule has 0 saturated carbocycles. The van der Waals surface area contributed by atoms with Crippen molar-refractivity contribution in [2.75, 3.05) is 20.3 Å². The number of rotatable bonds is 1. The first-order chi connectivity index (χ1) is 6.97. The summed E-state index contributed by atoms with van der Waals surface area (Å²) < 4.78 is 1.62. The lowest BCUT2D eigenvalue weighted by Crippen LogP contribution is -2.13. The molecule has 0 nitrogen and oxygen atoms in total. The second-order valence-corrected chi connectivity index (χ2v) is 13.9. The Morgan fingerprint density at radius 2 is 0.786 bits per heavy atom. The van der Waals surface area contributed by atoms with Crippen LogP contribution >= 0.6 is 90.2 Å². The zero-order valence-corrected chi connectivity index (χ0v) is 13.8. The van der Waals surface area contributed by atoms with Crippen LogP contribution in [0, 0.1) is 0 Å². The lowest BCUT2D eigenvalue weighted by molar-refractivity contribution is 1.36. The first-order valence-corrected chi connectivity index (χ1v) is 13.1. The van der Waals surface area contributed by atoms with Gasteiger partial charge in [-0.15, -0.1) is 47.0 Å². The quantitative estimate of drug-likeness (QED) is 0.591. The van der Waals surface area contributed by atoms with Crippen LogP contribution in [-0.2, 0) is 0 Å². The topological polar surface area (TPSA) is 0 Å². The zero-order valence-electron chi connectivity index (χ0n) is 7.25. The van der Waals surface area contributed by atoms with Crippen LogP contribution in [0.15, 0.2) is 0 Å². The first-order valence-electron chi connectivity index (χ1n) is 3.92. The molecule has 2 saturated heterocycles. The molecule has 2 rings (SSSR count). The monoisotopic (exact) mass is 338 g/mol. The second-order valence-electron chi connectivity index (χ2n) is 2.35. The Hall–Kier alpha value is 2.80. The van der Waals surface area contributed by atoms with Gasteiger partial charge in [-0.3, -0.25) is 0 Å². The molecule has 0 spiro atoms. The van der Waals surface area contributed by atoms with E-state index in [9.17, 15) is 0 Å². The summed E-state index contributed by atoms with van der Waals surface area (Å²) >= 11 is 8.58. The molecular formula is C6H10S8. The third-order valence-corrected chi connectivity index (χ3v) is 14.7. The maximum Gasteiger partial charge on any atom is 0.0730 e. The van der Waals surface area contributed by atoms with Gasteiger partial charge in [-0.2, -0.15) is 0 Å². The van der Waals surface area contributed by atoms with Crippen LogP contribution in [0.2, 0.25) is 0 Å². The zero-order chi connectivity index (χ0) is 9.64. The van der Waals surface area contributed by atoms with E-state index in [1.54, 1.807) is 0 Å². The van der Waals surface area contributed by atoms with Gasteiger partial charge < -0.3 is 0 Å². The molecule has 0 aliphatic carbocycles. The Kier molecular flexibility index (Phi) is 7.56. The summed E-state index contributed by atoms with van der Waals surface area (Å²) in [5.74, 6) is 0. The van der Waals surface area contributed by atoms with Crippen LogP contribution in [0.1, 0.15) is 0 Å². The van der Waals surface area contributed by atoms with E-state index in [0.717, 1.165) is 9.16 Å². The van der Waals surface area contributed by atoms with E-state index < -0.39 is 0 Å². The van der Waals surface area contributed by atoms with Gasteiger partial charge in [0.05, 0.1) is 29.5 Å². The highest BCUT2D eigenvalue weighted by Crippen LogP contribution is 2.50. The molecule has 0 amide bonds. The second kappa shape index (κ2) is 8.00. The minimum atomic E-state index is 0.812. The van der Waals surface area contributed by atoms with Crippen molar-refractivity contribution in [3.8, 4) is 0 Å². The molecule has 2 fully saturated rings. The molecule has 0 unspecified atom stereocenters. The molecule has 0 atom stereocenters. The van der Waals surface area contributed by atoms with Gasteiger partial charge in [0.15, 0.2) is 0 Å². The van der Waals surface area contributed by atoms with Crippen LogP contribution in [0.25, 0.3) is 0 Å². The molecule has 2 heterocycles. The van der Waals surface area contributed by atoms with Crippen molar-refractivity contribution in [1.82, 2.24) is 0 Å². The van der Waals surface area contributed by atoms with E-state index in [-0.39, 0.29) is 0 Å². The Morgan fingerprint density at radius 1 is 0.500 bits per heavy atom. The maximum atomic E-state index is 2.14. The van der Waals surface area contributed by atoms with Crippen molar-refractivity contribution in [1.29, 1.82) is 0 Å². The summed E-state index contributed by atoms with van der Waals surface area (Å²) in [6, 6.07) is 0. The van der Waals surface area contributed by atoms with Gasteiger partial charge in [-0.25, -0.2) is 0 Å². The number of thioether (sulfide) groups is 4. The van der Waals surface area contributed by atoms with Crippen LogP contribution in [-0.4, -0.2) is 29.5 Å². The average molecular weight is 339 g/mol. The van der Waals surface area contributed by atoms with Gasteiger partial charge in [0.2, 0.25) is 0 Å². The normalized spacial score (nSPS) is 28.3. The fraction of sp³-hybridized carbons (Fsp3) is 1.00. The van der Waals surface area contributed by atoms with Crippen molar-refractivity contribution in [3.05, 3.63) is 0 Å². The summed E-state index contributed by atoms with van der Waals surface area (Å²) in [7, 11) is 8.07. The van der Waals surface area contributed by atoms with Crippen molar-refractivity contribution in [3.63, 3.8) is 0 Å². The lowest BCUT2D eigenvalue weighted by atomic mass is 10.9. The third-order valence-electron chi connectivity index (χ3n) is 1.51. The number of hydrogen-bond acceptors (Lipinski definition) is 8. The van der Waals surface area contributed by atoms with Gasteiger partial charge in [-0.1, -0.05) is 43.2 Å². The van der Waals surface area contributed by atoms with E-state index in [2.05, 4.69) is 47.0 Å². The summed E-state index contributed by atoms with van der Waals surface area (Å²) in [5, 5.41) is 5.06. The lowest BCUT2D eigenvalue weighted by Gasteiger charge is -2.21. The molecule has 14 heavy (non-hydrogen) atoms. The fourth-order valence-corrected chi connectivity index (χ4v) is 14.8. The minimum Gasteiger partial charge on any atom is -0.134 e. The van der Waals surface area contributed by atoms with Gasteiger partial charge in [0.1, 0.15) is 0 Å². The molecule has 0 aromatic carbocycles. The molecule has 0 aromatic rings. The highest BCUT2D eigenvalue weighted by atomic mass is 33.1. The maximum absolute atomic E-state index is 2.14. The smallest absolute Gasteiger partial charge is 0.0730 e. The summed E-state index contributed by atoms with van der Waals surface area (Å²) in [5.41, 5.74) is 0. The standard InChI is InChI=1S/C6H10S8/c1-7-5(8-2-12-11-1)6-9-3-13-14-4-10-6/h5-6H,1-4H2. The Labute approximate surface area is 118 Å². The van der Waals surface area contributed by atoms with Gasteiger partial charge in [0.25, 0.3) is 0 Å². The minimum absolute atomic E-state index is 0.812. The molecule has 0 N–H and O–H groups in total. The highest BCUT2D eigenvalue weighted by Gasteiger charge is 2.26. The molecule has 8 heteroatoms. The molecule has 0 radical (unpaired) electrons. The Morgan fingerprint density at radius 3 is 1.07 bits per heavy atom. The van der Waals surface area contributed by atoms with Crippen molar-refractivity contribution in [2.45, 2.75) is 9.16 Å². The molecule has 82 valence electrons. The van der Waals surface area contributed by atoms with E-state index in [0.29, 0.717) is 0 Å². The molecular weight excluding hydrogens is 329 g/mol. The average Bonchev–Trinajstić information content (AvgIpc) is 2.62. The Balaban J connectivity index is 1.83. The molecule has 0 bridgehead atoms. The molecule has 2 aliphatic heterocycles. The molecule has 0 aromatic heterocycles. The van der Waals surface area contributed by atoms with Crippen LogP contribution < -0.4 is 0 Å². The van der Waals surface area contributed by atoms with Gasteiger partial charge in [-0.05, 0) is 0 Å². The SMILES string of the molecule is C1SSCSC(C2SCSSCS2)S1. The number of hydrogen-bond donors (Lipinski definition) is 0. The first kappa shape index (κ1) is 13.2. The Bertz CT molecular complexity index is 130. The predicted octanol–water partition coefficient (Wildman–Crippen LogP) is 5.19. The van der Waals surface area contributed by atoms with Crippen molar-refractivity contribution in [2.24, 2.45) is 0 Å². The molecule has 2 aliphatic rings. The van der Waals surface area contributed by atoms with Crippen LogP contribution in [0.4, 0.5) is 0 Å². The van der Waals surface area contributed by atoms with E-state index in [4.69, 9.17) is 0 Å². The summed E-state index contributed by atoms with van der Waals surface area (Å²) in [6.45, 7) is 0. The third kappa shape index (κ3) is 4.58. The largest absolute Gasteiger partial charge is 0.134 e. The van der Waals surface area contributed by atoms with Crippen LogP contribution in [0.3, 0.4) is 0 Å². The summed E-state index contributed by atoms with van der Waals surface area (Å²) in [4.78, 5) is 0. The van der Waals surface area contributed by atoms with Gasteiger partial charge in [0, 0.05) is 0 Å². The van der Waals surface area contributed by atoms with Crippen molar-refractivity contribution >= 4 is 90.2 Å². The van der Waals surface area contributed by atoms with E-state index >= 15 is 0 Å². The van der Waals surface area contributed by atoms with Crippen molar-refractivity contribution < 1.29 is 0 Å². The highest BCUT2D eigenvalue weighted by molar-refractivity contribution is 8.80. The summed E-state index contributed by atoms with van der Waals surface area (Å²) in [6.07, 6.45) is 0.